The number of rotatable bonds is 8. The van der Waals surface area contributed by atoms with Gasteiger partial charge >= 0.3 is 0 Å². The molecule has 0 fully saturated rings. The molecule has 2 unspecified atom stereocenters. The molecule has 0 heterocycles. The molecular weight excluding hydrogens is 208 g/mol. The molecule has 0 aliphatic rings. The highest BCUT2D eigenvalue weighted by Crippen LogP contribution is 2.15. The number of ether oxygens (including phenoxy) is 2. The lowest BCUT2D eigenvalue weighted by molar-refractivity contribution is -0.121. The van der Waals surface area contributed by atoms with Crippen LogP contribution in [0, 0.1) is 0 Å². The van der Waals surface area contributed by atoms with Crippen molar-refractivity contribution >= 4 is 5.91 Å². The van der Waals surface area contributed by atoms with Gasteiger partial charge < -0.3 is 20.5 Å². The zero-order valence-corrected chi connectivity index (χ0v) is 10.9. The number of hydrogen-bond acceptors (Lipinski definition) is 4. The minimum atomic E-state index is -0.451. The van der Waals surface area contributed by atoms with Crippen molar-refractivity contribution < 1.29 is 14.3 Å². The van der Waals surface area contributed by atoms with E-state index in [2.05, 4.69) is 5.32 Å². The van der Waals surface area contributed by atoms with Crippen LogP contribution in [0.3, 0.4) is 0 Å². The molecule has 0 saturated heterocycles. The molecule has 0 radical (unpaired) electrons. The quantitative estimate of drug-likeness (QED) is 0.630. The zero-order valence-electron chi connectivity index (χ0n) is 10.9. The molecule has 0 aliphatic carbocycles. The van der Waals surface area contributed by atoms with Gasteiger partial charge in [0, 0.05) is 20.3 Å². The van der Waals surface area contributed by atoms with Crippen LogP contribution >= 0.6 is 0 Å². The van der Waals surface area contributed by atoms with Crippen molar-refractivity contribution in [2.45, 2.75) is 44.9 Å². The standard InChI is InChI=1S/C11H24N2O3/c1-8(6-11(2,3)16-5)13-9(7-15-4)10(12)14/h8-9,13H,6-7H2,1-5H3,(H2,12,14). The van der Waals surface area contributed by atoms with Crippen molar-refractivity contribution in [2.75, 3.05) is 20.8 Å². The van der Waals surface area contributed by atoms with Crippen molar-refractivity contribution in [1.29, 1.82) is 0 Å². The Kier molecular flexibility index (Phi) is 6.55. The first-order valence-electron chi connectivity index (χ1n) is 5.42. The Bertz CT molecular complexity index is 219. The molecule has 16 heavy (non-hydrogen) atoms. The number of nitrogens with one attached hydrogen (secondary N) is 1. The number of carbonyl (C=O) groups excluding carboxylic acids is 1. The van der Waals surface area contributed by atoms with Gasteiger partial charge in [-0.05, 0) is 27.2 Å². The van der Waals surface area contributed by atoms with Crippen molar-refractivity contribution in [3.63, 3.8) is 0 Å². The highest BCUT2D eigenvalue weighted by atomic mass is 16.5. The van der Waals surface area contributed by atoms with Crippen LogP contribution in [0.25, 0.3) is 0 Å². The Hall–Kier alpha value is -0.650. The van der Waals surface area contributed by atoms with Crippen LogP contribution < -0.4 is 11.1 Å². The van der Waals surface area contributed by atoms with Crippen molar-refractivity contribution in [2.24, 2.45) is 5.73 Å². The number of hydrogen-bond donors (Lipinski definition) is 2. The van der Waals surface area contributed by atoms with Gasteiger partial charge in [-0.2, -0.15) is 0 Å². The van der Waals surface area contributed by atoms with Crippen LogP contribution in [0.15, 0.2) is 0 Å². The molecule has 1 amide bonds. The third kappa shape index (κ3) is 6.05. The predicted molar refractivity (Wildman–Crippen MR) is 63.2 cm³/mol. The molecule has 5 heteroatoms. The molecule has 0 saturated carbocycles. The monoisotopic (exact) mass is 232 g/mol. The van der Waals surface area contributed by atoms with E-state index >= 15 is 0 Å². The highest BCUT2D eigenvalue weighted by Gasteiger charge is 2.23. The summed E-state index contributed by atoms with van der Waals surface area (Å²) in [4.78, 5) is 11.1. The van der Waals surface area contributed by atoms with E-state index in [0.717, 1.165) is 6.42 Å². The maximum atomic E-state index is 11.1. The van der Waals surface area contributed by atoms with Gasteiger partial charge in [-0.15, -0.1) is 0 Å². The number of amides is 1. The molecule has 0 spiro atoms. The van der Waals surface area contributed by atoms with E-state index in [0.29, 0.717) is 0 Å². The molecule has 0 aromatic rings. The summed E-state index contributed by atoms with van der Waals surface area (Å²) in [5.74, 6) is -0.399. The molecule has 0 bridgehead atoms. The predicted octanol–water partition coefficient (Wildman–Crippen LogP) is 0.280. The van der Waals surface area contributed by atoms with Gasteiger partial charge in [0.15, 0.2) is 0 Å². The number of carbonyl (C=O) groups is 1. The average Bonchev–Trinajstić information content (AvgIpc) is 2.16. The second kappa shape index (κ2) is 6.83. The van der Waals surface area contributed by atoms with Crippen molar-refractivity contribution in [3.8, 4) is 0 Å². The van der Waals surface area contributed by atoms with Crippen molar-refractivity contribution in [1.82, 2.24) is 5.32 Å². The third-order valence-electron chi connectivity index (χ3n) is 2.51. The molecule has 2 atom stereocenters. The lowest BCUT2D eigenvalue weighted by Gasteiger charge is -2.29. The lowest BCUT2D eigenvalue weighted by Crippen LogP contribution is -2.49. The Morgan fingerprint density at radius 3 is 2.38 bits per heavy atom. The molecular formula is C11H24N2O3. The zero-order chi connectivity index (χ0) is 12.8. The number of nitrogens with two attached hydrogens (primary N) is 1. The summed E-state index contributed by atoms with van der Waals surface area (Å²) in [6, 6.07) is -0.324. The van der Waals surface area contributed by atoms with Crippen LogP contribution in [0.1, 0.15) is 27.2 Å². The van der Waals surface area contributed by atoms with Gasteiger partial charge in [0.25, 0.3) is 0 Å². The van der Waals surface area contributed by atoms with E-state index in [1.54, 1.807) is 14.2 Å². The smallest absolute Gasteiger partial charge is 0.236 e. The molecule has 0 aromatic heterocycles. The molecule has 0 rings (SSSR count). The lowest BCUT2D eigenvalue weighted by atomic mass is 9.99. The first-order chi connectivity index (χ1) is 7.32. The molecule has 96 valence electrons. The first-order valence-corrected chi connectivity index (χ1v) is 5.42. The normalized spacial score (nSPS) is 15.8. The maximum Gasteiger partial charge on any atom is 0.236 e. The Morgan fingerprint density at radius 1 is 1.44 bits per heavy atom. The van der Waals surface area contributed by atoms with E-state index in [-0.39, 0.29) is 18.2 Å². The van der Waals surface area contributed by atoms with Crippen LogP contribution in [0.4, 0.5) is 0 Å². The van der Waals surface area contributed by atoms with E-state index in [1.807, 2.05) is 20.8 Å². The van der Waals surface area contributed by atoms with Gasteiger partial charge in [0.05, 0.1) is 12.2 Å². The molecule has 5 nitrogen and oxygen atoms in total. The van der Waals surface area contributed by atoms with Crippen LogP contribution in [0.5, 0.6) is 0 Å². The summed E-state index contributed by atoms with van der Waals surface area (Å²) >= 11 is 0. The summed E-state index contributed by atoms with van der Waals surface area (Å²) < 4.78 is 10.3. The largest absolute Gasteiger partial charge is 0.383 e. The molecule has 0 aromatic carbocycles. The van der Waals surface area contributed by atoms with E-state index < -0.39 is 11.9 Å². The Balaban J connectivity index is 4.19. The summed E-state index contributed by atoms with van der Waals surface area (Å²) in [7, 11) is 3.22. The third-order valence-corrected chi connectivity index (χ3v) is 2.51. The van der Waals surface area contributed by atoms with Gasteiger partial charge in [-0.1, -0.05) is 0 Å². The fourth-order valence-corrected chi connectivity index (χ4v) is 1.60. The maximum absolute atomic E-state index is 11.1. The SMILES string of the molecule is COCC(NC(C)CC(C)(C)OC)C(N)=O. The summed E-state index contributed by atoms with van der Waals surface area (Å²) in [5.41, 5.74) is 5.03. The number of methoxy groups -OCH3 is 2. The van der Waals surface area contributed by atoms with E-state index in [1.165, 1.54) is 0 Å². The molecule has 3 N–H and O–H groups in total. The fraction of sp³-hybridized carbons (Fsp3) is 0.909. The topological polar surface area (TPSA) is 73.6 Å². The van der Waals surface area contributed by atoms with Crippen LogP contribution in [-0.4, -0.2) is 44.4 Å². The van der Waals surface area contributed by atoms with Gasteiger partial charge in [-0.3, -0.25) is 4.79 Å². The van der Waals surface area contributed by atoms with Crippen LogP contribution in [-0.2, 0) is 14.3 Å². The Labute approximate surface area is 97.7 Å². The second-order valence-electron chi connectivity index (χ2n) is 4.65. The number of primary amides is 1. The van der Waals surface area contributed by atoms with Gasteiger partial charge in [-0.25, -0.2) is 0 Å². The van der Waals surface area contributed by atoms with Crippen molar-refractivity contribution in [3.05, 3.63) is 0 Å². The van der Waals surface area contributed by atoms with Gasteiger partial charge in [0.2, 0.25) is 5.91 Å². The molecule has 0 aliphatic heterocycles. The minimum Gasteiger partial charge on any atom is -0.383 e. The van der Waals surface area contributed by atoms with E-state index in [9.17, 15) is 4.79 Å². The fourth-order valence-electron chi connectivity index (χ4n) is 1.60. The van der Waals surface area contributed by atoms with Gasteiger partial charge in [0.1, 0.15) is 6.04 Å². The van der Waals surface area contributed by atoms with E-state index in [4.69, 9.17) is 15.2 Å². The summed E-state index contributed by atoms with van der Waals surface area (Å²) in [6.45, 7) is 6.28. The summed E-state index contributed by atoms with van der Waals surface area (Å²) in [5, 5.41) is 3.13. The second-order valence-corrected chi connectivity index (χ2v) is 4.65. The highest BCUT2D eigenvalue weighted by molar-refractivity contribution is 5.80. The average molecular weight is 232 g/mol. The summed E-state index contributed by atoms with van der Waals surface area (Å²) in [6.07, 6.45) is 0.789. The first kappa shape index (κ1) is 15.3. The minimum absolute atomic E-state index is 0.127. The van der Waals surface area contributed by atoms with Crippen LogP contribution in [0.2, 0.25) is 0 Å². The Morgan fingerprint density at radius 2 is 2.00 bits per heavy atom.